The Hall–Kier alpha value is 0.771. The molecule has 6 heteroatoms. The first kappa shape index (κ1) is 21.8. The molecule has 0 heterocycles. The van der Waals surface area contributed by atoms with Gasteiger partial charge in [-0.25, -0.2) is 0 Å². The normalized spacial score (nSPS) is 12.9. The predicted molar refractivity (Wildman–Crippen MR) is 87.0 cm³/mol. The van der Waals surface area contributed by atoms with E-state index in [9.17, 15) is 0 Å². The molecule has 0 saturated carbocycles. The molecule has 0 aromatic carbocycles. The Morgan fingerprint density at radius 1 is 0.619 bits per heavy atom. The van der Waals surface area contributed by atoms with Crippen LogP contribution in [-0.2, 0) is 31.1 Å². The summed E-state index contributed by atoms with van der Waals surface area (Å²) < 4.78 is 24.6. The van der Waals surface area contributed by atoms with E-state index in [2.05, 4.69) is 20.8 Å². The molecule has 0 rings (SSSR count). The molecular formula is C15H36O4SiTi. The van der Waals surface area contributed by atoms with E-state index < -0.39 is 26.5 Å². The van der Waals surface area contributed by atoms with E-state index in [0.717, 1.165) is 19.3 Å². The molecule has 4 nitrogen and oxygen atoms in total. The summed E-state index contributed by atoms with van der Waals surface area (Å²) in [6.45, 7) is 14.5. The molecule has 0 aromatic rings. The van der Waals surface area contributed by atoms with Gasteiger partial charge in [-0.1, -0.05) is 0 Å². The first-order chi connectivity index (χ1) is 10.1. The van der Waals surface area contributed by atoms with Crippen LogP contribution >= 0.6 is 0 Å². The van der Waals surface area contributed by atoms with Gasteiger partial charge in [-0.15, -0.1) is 0 Å². The van der Waals surface area contributed by atoms with Crippen LogP contribution in [0.25, 0.3) is 0 Å². The summed E-state index contributed by atoms with van der Waals surface area (Å²) in [6.07, 6.45) is 3.48. The third kappa shape index (κ3) is 7.73. The summed E-state index contributed by atoms with van der Waals surface area (Å²) in [4.78, 5) is 0. The summed E-state index contributed by atoms with van der Waals surface area (Å²) >= 11 is -3.57. The second-order valence-corrected chi connectivity index (χ2v) is 13.3. The molecule has 0 aliphatic carbocycles. The Balaban J connectivity index is 5.30. The molecular weight excluding hydrogens is 320 g/mol. The Morgan fingerprint density at radius 3 is 1.19 bits per heavy atom. The van der Waals surface area contributed by atoms with Gasteiger partial charge in [0.2, 0.25) is 0 Å². The Kier molecular flexibility index (Phi) is 12.7. The maximum atomic E-state index is 6.73. The van der Waals surface area contributed by atoms with Crippen molar-refractivity contribution in [1.29, 1.82) is 0 Å². The molecule has 0 saturated heterocycles. The van der Waals surface area contributed by atoms with E-state index >= 15 is 0 Å². The third-order valence-electron chi connectivity index (χ3n) is 3.42. The molecule has 0 radical (unpaired) electrons. The molecule has 0 aromatic heterocycles. The zero-order valence-electron chi connectivity index (χ0n) is 15.0. The average Bonchev–Trinajstić information content (AvgIpc) is 2.40. The van der Waals surface area contributed by atoms with Gasteiger partial charge < -0.3 is 0 Å². The molecule has 0 N–H and O–H groups in total. The zero-order chi connectivity index (χ0) is 16.2. The fourth-order valence-corrected chi connectivity index (χ4v) is 14.2. The number of hydrogen-bond acceptors (Lipinski definition) is 4. The van der Waals surface area contributed by atoms with E-state index in [1.807, 2.05) is 20.8 Å². The van der Waals surface area contributed by atoms with Crippen molar-refractivity contribution in [1.82, 2.24) is 0 Å². The topological polar surface area (TPSA) is 36.9 Å². The molecule has 0 amide bonds. The van der Waals surface area contributed by atoms with Gasteiger partial charge in [0, 0.05) is 0 Å². The predicted octanol–water partition coefficient (Wildman–Crippen LogP) is 5.10. The van der Waals surface area contributed by atoms with Crippen LogP contribution < -0.4 is 0 Å². The molecule has 0 fully saturated rings. The van der Waals surface area contributed by atoms with Gasteiger partial charge >= 0.3 is 138 Å². The summed E-state index contributed by atoms with van der Waals surface area (Å²) in [6, 6.07) is 3.53. The van der Waals surface area contributed by atoms with Gasteiger partial charge in [0.25, 0.3) is 0 Å². The van der Waals surface area contributed by atoms with Crippen molar-refractivity contribution in [3.05, 3.63) is 0 Å². The van der Waals surface area contributed by atoms with Crippen molar-refractivity contribution in [3.8, 4) is 0 Å². The summed E-state index contributed by atoms with van der Waals surface area (Å²) in [5.41, 5.74) is 0. The van der Waals surface area contributed by atoms with Crippen molar-refractivity contribution < 1.29 is 31.1 Å². The second-order valence-electron chi connectivity index (χ2n) is 5.33. The van der Waals surface area contributed by atoms with Crippen LogP contribution in [0.2, 0.25) is 18.1 Å². The number of rotatable bonds is 14. The van der Waals surface area contributed by atoms with Crippen LogP contribution in [0, 0.1) is 0 Å². The van der Waals surface area contributed by atoms with Crippen LogP contribution in [0.15, 0.2) is 0 Å². The van der Waals surface area contributed by atoms with Crippen molar-refractivity contribution in [2.24, 2.45) is 0 Å². The minimum atomic E-state index is -3.57. The minimum absolute atomic E-state index is 0.592. The van der Waals surface area contributed by atoms with Gasteiger partial charge in [0.05, 0.1) is 0 Å². The van der Waals surface area contributed by atoms with Crippen LogP contribution in [0.3, 0.4) is 0 Å². The summed E-state index contributed by atoms with van der Waals surface area (Å²) in [5.74, 6) is 0. The van der Waals surface area contributed by atoms with Crippen LogP contribution in [0.1, 0.15) is 60.8 Å². The van der Waals surface area contributed by atoms with Crippen molar-refractivity contribution >= 4 is 8.32 Å². The maximum absolute atomic E-state index is 6.73. The molecule has 0 unspecified atom stereocenters. The van der Waals surface area contributed by atoms with E-state index in [1.165, 1.54) is 18.1 Å². The monoisotopic (exact) mass is 356 g/mol. The Morgan fingerprint density at radius 2 is 0.952 bits per heavy atom. The van der Waals surface area contributed by atoms with Gasteiger partial charge in [0.15, 0.2) is 0 Å². The van der Waals surface area contributed by atoms with Crippen molar-refractivity contribution in [2.45, 2.75) is 78.9 Å². The standard InChI is InChI=1S/C9H21OSi.3C2H5O.Ti/c1-4-7-11(10,8-5-2)9-6-3;3*1-2-3;/h4-9H2,1-3H3;3*2H2,1H3;/q4*-1;+4. The van der Waals surface area contributed by atoms with Gasteiger partial charge in [-0.3, -0.25) is 0 Å². The molecule has 0 atom stereocenters. The second kappa shape index (κ2) is 12.2. The van der Waals surface area contributed by atoms with Crippen molar-refractivity contribution in [3.63, 3.8) is 0 Å². The molecule has 21 heavy (non-hydrogen) atoms. The van der Waals surface area contributed by atoms with E-state index in [1.54, 1.807) is 0 Å². The molecule has 128 valence electrons. The van der Waals surface area contributed by atoms with E-state index in [0.29, 0.717) is 19.8 Å². The van der Waals surface area contributed by atoms with E-state index in [-0.39, 0.29) is 0 Å². The summed E-state index contributed by atoms with van der Waals surface area (Å²) in [7, 11) is -1.83. The Labute approximate surface area is 138 Å². The SMILES string of the molecule is CCC[Si](CCC)(CCC)[O][Ti]([O]CC)([O]CC)[O]CC. The fourth-order valence-electron chi connectivity index (χ4n) is 2.90. The van der Waals surface area contributed by atoms with E-state index in [4.69, 9.17) is 13.0 Å². The van der Waals surface area contributed by atoms with Gasteiger partial charge in [-0.05, 0) is 0 Å². The molecule has 0 aliphatic heterocycles. The van der Waals surface area contributed by atoms with Gasteiger partial charge in [0.1, 0.15) is 0 Å². The quantitative estimate of drug-likeness (QED) is 0.406. The van der Waals surface area contributed by atoms with Crippen LogP contribution in [0.5, 0.6) is 0 Å². The Bertz CT molecular complexity index is 196. The first-order valence-electron chi connectivity index (χ1n) is 8.69. The summed E-state index contributed by atoms with van der Waals surface area (Å²) in [5, 5.41) is 0. The third-order valence-corrected chi connectivity index (χ3v) is 14.5. The zero-order valence-corrected chi connectivity index (χ0v) is 17.6. The van der Waals surface area contributed by atoms with Gasteiger partial charge in [-0.2, -0.15) is 0 Å². The molecule has 0 bridgehead atoms. The molecule has 0 spiro atoms. The molecule has 0 aliphatic rings. The van der Waals surface area contributed by atoms with Crippen LogP contribution in [-0.4, -0.2) is 28.1 Å². The first-order valence-corrected chi connectivity index (χ1v) is 13.8. The van der Waals surface area contributed by atoms with Crippen LogP contribution in [0.4, 0.5) is 0 Å². The van der Waals surface area contributed by atoms with Crippen molar-refractivity contribution in [2.75, 3.05) is 19.8 Å². The number of hydrogen-bond donors (Lipinski definition) is 0. The average molecular weight is 356 g/mol. The fraction of sp³-hybridized carbons (Fsp3) is 1.00.